The van der Waals surface area contributed by atoms with Gasteiger partial charge in [0.15, 0.2) is 6.10 Å². The molecule has 1 atom stereocenters. The van der Waals surface area contributed by atoms with Gasteiger partial charge in [-0.15, -0.1) is 0 Å². The van der Waals surface area contributed by atoms with Crippen molar-refractivity contribution in [1.82, 2.24) is 0 Å². The Hall–Kier alpha value is -2.37. The molecule has 0 N–H and O–H groups in total. The summed E-state index contributed by atoms with van der Waals surface area (Å²) in [6.07, 6.45) is 72.8. The fraction of sp³-hybridized carbons (Fsp3) is 0.862. The van der Waals surface area contributed by atoms with Crippen LogP contribution in [0.4, 0.5) is 0 Å². The topological polar surface area (TPSA) is 78.9 Å². The summed E-state index contributed by atoms with van der Waals surface area (Å²) in [5, 5.41) is 0. The molecule has 0 saturated heterocycles. The van der Waals surface area contributed by atoms with Crippen molar-refractivity contribution in [2.75, 3.05) is 13.2 Å². The summed E-state index contributed by atoms with van der Waals surface area (Å²) in [5.41, 5.74) is 0. The highest BCUT2D eigenvalue weighted by Crippen LogP contribution is 2.17. The van der Waals surface area contributed by atoms with E-state index in [-0.39, 0.29) is 31.1 Å². The molecule has 0 spiro atoms. The van der Waals surface area contributed by atoms with E-state index >= 15 is 0 Å². The third kappa shape index (κ3) is 58.4. The van der Waals surface area contributed by atoms with Crippen LogP contribution in [0.25, 0.3) is 0 Å². The zero-order valence-electron chi connectivity index (χ0n) is 47.8. The molecule has 0 aliphatic heterocycles. The standard InChI is InChI=1S/C65H120O6/c1-4-7-10-13-16-19-22-25-28-30-31-32-33-35-37-40-43-46-49-52-55-58-64(67)70-61-62(60-69-63(66)57-54-51-48-45-42-39-36-27-24-21-18-15-12-9-6-3)71-65(68)59-56-53-50-47-44-41-38-34-29-26-23-20-17-14-11-8-5-2/h17,20,26,29-31,62H,4-16,18-19,21-25,27-28,32-61H2,1-3H3/b20-17-,29-26-,31-30-. The van der Waals surface area contributed by atoms with E-state index in [0.29, 0.717) is 19.3 Å². The number of hydrogen-bond acceptors (Lipinski definition) is 6. The Morgan fingerprint density at radius 2 is 0.507 bits per heavy atom. The maximum atomic E-state index is 12.9. The Balaban J connectivity index is 4.32. The molecule has 6 nitrogen and oxygen atoms in total. The molecular formula is C65H120O6. The van der Waals surface area contributed by atoms with Crippen LogP contribution in [-0.2, 0) is 28.6 Å². The van der Waals surface area contributed by atoms with Gasteiger partial charge in [-0.05, 0) is 77.0 Å². The van der Waals surface area contributed by atoms with Gasteiger partial charge in [0.05, 0.1) is 0 Å². The Bertz CT molecular complexity index is 1190. The number of ether oxygens (including phenoxy) is 3. The third-order valence-electron chi connectivity index (χ3n) is 14.1. The van der Waals surface area contributed by atoms with E-state index in [0.717, 1.165) is 70.6 Å². The van der Waals surface area contributed by atoms with E-state index in [1.807, 2.05) is 0 Å². The lowest BCUT2D eigenvalue weighted by Crippen LogP contribution is -2.30. The average molecular weight is 998 g/mol. The predicted octanol–water partition coefficient (Wildman–Crippen LogP) is 21.2. The molecule has 1 unspecified atom stereocenters. The number of unbranched alkanes of at least 4 members (excludes halogenated alkanes) is 41. The van der Waals surface area contributed by atoms with Crippen LogP contribution < -0.4 is 0 Å². The molecule has 0 aliphatic carbocycles. The summed E-state index contributed by atoms with van der Waals surface area (Å²) in [6.45, 7) is 6.66. The average Bonchev–Trinajstić information content (AvgIpc) is 3.37. The Labute approximate surface area is 442 Å². The molecule has 0 amide bonds. The summed E-state index contributed by atoms with van der Waals surface area (Å²) in [4.78, 5) is 38.3. The van der Waals surface area contributed by atoms with E-state index in [1.54, 1.807) is 0 Å². The molecule has 0 radical (unpaired) electrons. The quantitative estimate of drug-likeness (QED) is 0.0261. The van der Waals surface area contributed by atoms with Crippen molar-refractivity contribution in [2.24, 2.45) is 0 Å². The van der Waals surface area contributed by atoms with Gasteiger partial charge < -0.3 is 14.2 Å². The highest BCUT2D eigenvalue weighted by atomic mass is 16.6. The largest absolute Gasteiger partial charge is 0.462 e. The maximum absolute atomic E-state index is 12.9. The SMILES string of the molecule is CCCCC/C=C\C/C=C\CCCCCCCCCC(=O)OC(COC(=O)CCCCCCCCCCC/C=C\CCCCCCCCCC)COC(=O)CCCCCCCCCCCCCCCCC. The molecule has 0 aromatic heterocycles. The van der Waals surface area contributed by atoms with Gasteiger partial charge in [-0.1, -0.05) is 282 Å². The van der Waals surface area contributed by atoms with Crippen molar-refractivity contribution in [1.29, 1.82) is 0 Å². The van der Waals surface area contributed by atoms with Crippen LogP contribution in [0.5, 0.6) is 0 Å². The second-order valence-electron chi connectivity index (χ2n) is 21.3. The number of carbonyl (C=O) groups is 3. The lowest BCUT2D eigenvalue weighted by atomic mass is 10.0. The third-order valence-corrected chi connectivity index (χ3v) is 14.1. The lowest BCUT2D eigenvalue weighted by molar-refractivity contribution is -0.167. The summed E-state index contributed by atoms with van der Waals surface area (Å²) in [7, 11) is 0. The van der Waals surface area contributed by atoms with Gasteiger partial charge >= 0.3 is 17.9 Å². The molecule has 416 valence electrons. The molecule has 0 aromatic carbocycles. The first kappa shape index (κ1) is 68.6. The minimum atomic E-state index is -0.775. The maximum Gasteiger partial charge on any atom is 0.306 e. The monoisotopic (exact) mass is 997 g/mol. The van der Waals surface area contributed by atoms with Crippen molar-refractivity contribution in [3.63, 3.8) is 0 Å². The van der Waals surface area contributed by atoms with Crippen molar-refractivity contribution in [3.8, 4) is 0 Å². The second kappa shape index (κ2) is 60.2. The molecule has 71 heavy (non-hydrogen) atoms. The first-order valence-corrected chi connectivity index (χ1v) is 31.5. The normalized spacial score (nSPS) is 12.2. The number of esters is 3. The van der Waals surface area contributed by atoms with Crippen molar-refractivity contribution < 1.29 is 28.6 Å². The summed E-state index contributed by atoms with van der Waals surface area (Å²) >= 11 is 0. The predicted molar refractivity (Wildman–Crippen MR) is 307 cm³/mol. The number of rotatable bonds is 58. The van der Waals surface area contributed by atoms with Gasteiger partial charge in [0.2, 0.25) is 0 Å². The molecule has 0 bridgehead atoms. The van der Waals surface area contributed by atoms with Crippen LogP contribution in [0.1, 0.15) is 342 Å². The number of allylic oxidation sites excluding steroid dienone is 6. The second-order valence-corrected chi connectivity index (χ2v) is 21.3. The zero-order chi connectivity index (χ0) is 51.4. The van der Waals surface area contributed by atoms with Crippen LogP contribution in [0.2, 0.25) is 0 Å². The summed E-state index contributed by atoms with van der Waals surface area (Å²) in [6, 6.07) is 0. The van der Waals surface area contributed by atoms with Crippen LogP contribution in [0, 0.1) is 0 Å². The molecule has 0 fully saturated rings. The molecule has 0 saturated carbocycles. The first-order valence-electron chi connectivity index (χ1n) is 31.5. The van der Waals surface area contributed by atoms with Gasteiger partial charge in [-0.25, -0.2) is 0 Å². The Morgan fingerprint density at radius 3 is 0.817 bits per heavy atom. The zero-order valence-corrected chi connectivity index (χ0v) is 47.8. The van der Waals surface area contributed by atoms with Crippen LogP contribution in [0.3, 0.4) is 0 Å². The number of carbonyl (C=O) groups excluding carboxylic acids is 3. The molecule has 6 heteroatoms. The van der Waals surface area contributed by atoms with Gasteiger partial charge in [0, 0.05) is 19.3 Å². The minimum Gasteiger partial charge on any atom is -0.462 e. The summed E-state index contributed by atoms with van der Waals surface area (Å²) < 4.78 is 16.9. The fourth-order valence-electron chi connectivity index (χ4n) is 9.35. The minimum absolute atomic E-state index is 0.0718. The van der Waals surface area contributed by atoms with Crippen molar-refractivity contribution in [2.45, 2.75) is 348 Å². The molecular weight excluding hydrogens is 877 g/mol. The van der Waals surface area contributed by atoms with Gasteiger partial charge in [0.25, 0.3) is 0 Å². The van der Waals surface area contributed by atoms with E-state index in [1.165, 1.54) is 231 Å². The van der Waals surface area contributed by atoms with Gasteiger partial charge in [0.1, 0.15) is 13.2 Å². The fourth-order valence-corrected chi connectivity index (χ4v) is 9.35. The van der Waals surface area contributed by atoms with Crippen molar-refractivity contribution >= 4 is 17.9 Å². The van der Waals surface area contributed by atoms with E-state index in [2.05, 4.69) is 57.2 Å². The van der Waals surface area contributed by atoms with Crippen molar-refractivity contribution in [3.05, 3.63) is 36.5 Å². The van der Waals surface area contributed by atoms with E-state index in [4.69, 9.17) is 14.2 Å². The molecule has 0 aliphatic rings. The van der Waals surface area contributed by atoms with Gasteiger partial charge in [-0.3, -0.25) is 14.4 Å². The van der Waals surface area contributed by atoms with E-state index in [9.17, 15) is 14.4 Å². The summed E-state index contributed by atoms with van der Waals surface area (Å²) in [5.74, 6) is -0.859. The lowest BCUT2D eigenvalue weighted by Gasteiger charge is -2.18. The molecule has 0 rings (SSSR count). The van der Waals surface area contributed by atoms with Gasteiger partial charge in [-0.2, -0.15) is 0 Å². The molecule has 0 aromatic rings. The smallest absolute Gasteiger partial charge is 0.306 e. The number of hydrogen-bond donors (Lipinski definition) is 0. The highest BCUT2D eigenvalue weighted by Gasteiger charge is 2.19. The van der Waals surface area contributed by atoms with E-state index < -0.39 is 6.10 Å². The Morgan fingerprint density at radius 1 is 0.282 bits per heavy atom. The molecule has 0 heterocycles. The van der Waals surface area contributed by atoms with Crippen LogP contribution >= 0.6 is 0 Å². The highest BCUT2D eigenvalue weighted by molar-refractivity contribution is 5.71. The first-order chi connectivity index (χ1) is 35.0. The van der Waals surface area contributed by atoms with Crippen LogP contribution in [0.15, 0.2) is 36.5 Å². The Kier molecular flexibility index (Phi) is 58.2. The van der Waals surface area contributed by atoms with Crippen LogP contribution in [-0.4, -0.2) is 37.2 Å².